The minimum Gasteiger partial charge on any atom is -0.483 e. The van der Waals surface area contributed by atoms with Gasteiger partial charge >= 0.3 is 11.8 Å². The van der Waals surface area contributed by atoms with Gasteiger partial charge in [-0.3, -0.25) is 14.4 Å². The van der Waals surface area contributed by atoms with Gasteiger partial charge in [-0.25, -0.2) is 5.43 Å². The van der Waals surface area contributed by atoms with Gasteiger partial charge in [0, 0.05) is 21.8 Å². The average Bonchev–Trinajstić information content (AvgIpc) is 2.75. The molecule has 0 aliphatic rings. The van der Waals surface area contributed by atoms with Gasteiger partial charge in [0.05, 0.1) is 6.21 Å². The van der Waals surface area contributed by atoms with Crippen LogP contribution in [0.25, 0.3) is 0 Å². The molecule has 0 saturated carbocycles. The molecular formula is C23H27BrN4O4. The van der Waals surface area contributed by atoms with Crippen molar-refractivity contribution < 1.29 is 19.1 Å². The molecule has 8 nitrogen and oxygen atoms in total. The molecule has 0 spiro atoms. The van der Waals surface area contributed by atoms with Crippen molar-refractivity contribution in [2.24, 2.45) is 5.10 Å². The van der Waals surface area contributed by atoms with Gasteiger partial charge in [0.2, 0.25) is 0 Å². The second kappa shape index (κ2) is 12.0. The molecule has 2 aromatic rings. The summed E-state index contributed by atoms with van der Waals surface area (Å²) in [6, 6.07) is 10.7. The summed E-state index contributed by atoms with van der Waals surface area (Å²) in [5, 5.41) is 9.17. The third kappa shape index (κ3) is 7.81. The lowest BCUT2D eigenvalue weighted by atomic mass is 10.1. The van der Waals surface area contributed by atoms with Gasteiger partial charge in [-0.05, 0) is 68.7 Å². The highest BCUT2D eigenvalue weighted by Crippen LogP contribution is 2.22. The minimum atomic E-state index is -0.869. The van der Waals surface area contributed by atoms with Crippen LogP contribution in [0.3, 0.4) is 0 Å². The highest BCUT2D eigenvalue weighted by atomic mass is 79.9. The molecule has 3 amide bonds. The molecule has 3 N–H and O–H groups in total. The molecule has 170 valence electrons. The standard InChI is InChI=1S/C23H27BrN4O4/c1-5-16(4)26-22(30)23(31)28-25-12-17-11-18(24)7-9-20(17)32-13-21(29)27-19-8-6-14(2)15(3)10-19/h6-12,16H,5,13H2,1-4H3,(H,26,30)(H,27,29)(H,28,31)/b25-12-/t16-/m0/s1. The third-order valence-electron chi connectivity index (χ3n) is 4.69. The SMILES string of the molecule is CC[C@H](C)NC(=O)C(=O)N/N=C\c1cc(Br)ccc1OCC(=O)Nc1ccc(C)c(C)c1. The van der Waals surface area contributed by atoms with Gasteiger partial charge in [0.25, 0.3) is 5.91 Å². The van der Waals surface area contributed by atoms with Crippen LogP contribution >= 0.6 is 15.9 Å². The van der Waals surface area contributed by atoms with Crippen LogP contribution in [0, 0.1) is 13.8 Å². The van der Waals surface area contributed by atoms with Crippen molar-refractivity contribution >= 4 is 45.6 Å². The van der Waals surface area contributed by atoms with Gasteiger partial charge < -0.3 is 15.4 Å². The number of aryl methyl sites for hydroxylation is 2. The van der Waals surface area contributed by atoms with E-state index in [9.17, 15) is 14.4 Å². The van der Waals surface area contributed by atoms with Crippen LogP contribution in [0.5, 0.6) is 5.75 Å². The topological polar surface area (TPSA) is 109 Å². The number of nitrogens with one attached hydrogen (secondary N) is 3. The van der Waals surface area contributed by atoms with E-state index in [1.165, 1.54) is 6.21 Å². The van der Waals surface area contributed by atoms with Crippen molar-refractivity contribution in [3.8, 4) is 5.75 Å². The molecule has 2 rings (SSSR count). The number of benzene rings is 2. The second-order valence-corrected chi connectivity index (χ2v) is 8.22. The van der Waals surface area contributed by atoms with Crippen molar-refractivity contribution in [3.63, 3.8) is 0 Å². The summed E-state index contributed by atoms with van der Waals surface area (Å²) in [6.45, 7) is 7.47. The largest absolute Gasteiger partial charge is 0.483 e. The summed E-state index contributed by atoms with van der Waals surface area (Å²) in [7, 11) is 0. The fourth-order valence-electron chi connectivity index (χ4n) is 2.51. The monoisotopic (exact) mass is 502 g/mol. The highest BCUT2D eigenvalue weighted by molar-refractivity contribution is 9.10. The second-order valence-electron chi connectivity index (χ2n) is 7.30. The summed E-state index contributed by atoms with van der Waals surface area (Å²) in [5.41, 5.74) is 5.61. The number of hydrazone groups is 1. The lowest BCUT2D eigenvalue weighted by Gasteiger charge is -2.11. The first-order valence-electron chi connectivity index (χ1n) is 10.1. The number of amides is 3. The Morgan fingerprint density at radius 3 is 2.53 bits per heavy atom. The molecule has 0 aliphatic carbocycles. The van der Waals surface area contributed by atoms with Crippen molar-refractivity contribution in [1.82, 2.24) is 10.7 Å². The van der Waals surface area contributed by atoms with Gasteiger partial charge in [-0.2, -0.15) is 5.10 Å². The number of ether oxygens (including phenoxy) is 1. The summed E-state index contributed by atoms with van der Waals surface area (Å²) in [6.07, 6.45) is 2.05. The van der Waals surface area contributed by atoms with Crippen LogP contribution in [0.15, 0.2) is 46.0 Å². The molecule has 0 radical (unpaired) electrons. The average molecular weight is 503 g/mol. The lowest BCUT2D eigenvalue weighted by molar-refractivity contribution is -0.139. The number of carbonyl (C=O) groups excluding carboxylic acids is 3. The lowest BCUT2D eigenvalue weighted by Crippen LogP contribution is -2.41. The van der Waals surface area contributed by atoms with Crippen LogP contribution < -0.4 is 20.8 Å². The molecule has 0 fully saturated rings. The molecule has 0 saturated heterocycles. The van der Waals surface area contributed by atoms with Gasteiger partial charge in [-0.1, -0.05) is 28.9 Å². The number of carbonyl (C=O) groups is 3. The molecule has 9 heteroatoms. The fourth-order valence-corrected chi connectivity index (χ4v) is 2.89. The Kier molecular flexibility index (Phi) is 9.39. The Morgan fingerprint density at radius 1 is 1.09 bits per heavy atom. The Balaban J connectivity index is 1.97. The minimum absolute atomic E-state index is 0.114. The van der Waals surface area contributed by atoms with Crippen LogP contribution in [-0.4, -0.2) is 36.6 Å². The Labute approximate surface area is 195 Å². The van der Waals surface area contributed by atoms with E-state index in [1.54, 1.807) is 25.1 Å². The number of anilines is 1. The smallest absolute Gasteiger partial charge is 0.329 e. The predicted molar refractivity (Wildman–Crippen MR) is 128 cm³/mol. The molecule has 0 aliphatic heterocycles. The van der Waals surface area contributed by atoms with E-state index in [0.29, 0.717) is 23.4 Å². The normalized spacial score (nSPS) is 11.7. The van der Waals surface area contributed by atoms with Crippen LogP contribution in [0.2, 0.25) is 0 Å². The Morgan fingerprint density at radius 2 is 1.84 bits per heavy atom. The number of halogens is 1. The van der Waals surface area contributed by atoms with Crippen molar-refractivity contribution in [1.29, 1.82) is 0 Å². The predicted octanol–water partition coefficient (Wildman–Crippen LogP) is 3.45. The number of hydrogen-bond acceptors (Lipinski definition) is 5. The first-order valence-corrected chi connectivity index (χ1v) is 10.9. The Bertz CT molecular complexity index is 1020. The maximum atomic E-state index is 12.3. The molecule has 0 aromatic heterocycles. The highest BCUT2D eigenvalue weighted by Gasteiger charge is 2.14. The molecule has 0 heterocycles. The maximum Gasteiger partial charge on any atom is 0.329 e. The van der Waals surface area contributed by atoms with Crippen LogP contribution in [0.1, 0.15) is 37.0 Å². The summed E-state index contributed by atoms with van der Waals surface area (Å²) < 4.78 is 6.39. The van der Waals surface area contributed by atoms with E-state index in [4.69, 9.17) is 4.74 Å². The Hall–Kier alpha value is -3.20. The third-order valence-corrected chi connectivity index (χ3v) is 5.18. The number of rotatable bonds is 8. The summed E-state index contributed by atoms with van der Waals surface area (Å²) >= 11 is 3.36. The zero-order chi connectivity index (χ0) is 23.7. The summed E-state index contributed by atoms with van der Waals surface area (Å²) in [4.78, 5) is 35.9. The quantitative estimate of drug-likeness (QED) is 0.291. The van der Waals surface area contributed by atoms with E-state index < -0.39 is 11.8 Å². The van der Waals surface area contributed by atoms with E-state index in [0.717, 1.165) is 15.6 Å². The zero-order valence-corrected chi connectivity index (χ0v) is 20.1. The van der Waals surface area contributed by atoms with Gasteiger partial charge in [0.15, 0.2) is 6.61 Å². The van der Waals surface area contributed by atoms with Gasteiger partial charge in [0.1, 0.15) is 5.75 Å². The first kappa shape index (κ1) is 25.1. The van der Waals surface area contributed by atoms with Crippen molar-refractivity contribution in [2.75, 3.05) is 11.9 Å². The molecular weight excluding hydrogens is 476 g/mol. The number of hydrogen-bond donors (Lipinski definition) is 3. The van der Waals surface area contributed by atoms with E-state index in [1.807, 2.05) is 39.0 Å². The number of nitrogens with zero attached hydrogens (tertiary/aromatic N) is 1. The molecule has 1 atom stereocenters. The first-order chi connectivity index (χ1) is 15.2. The fraction of sp³-hybridized carbons (Fsp3) is 0.304. The van der Waals surface area contributed by atoms with E-state index in [-0.39, 0.29) is 18.6 Å². The molecule has 0 bridgehead atoms. The summed E-state index contributed by atoms with van der Waals surface area (Å²) in [5.74, 6) is -1.54. The molecule has 0 unspecified atom stereocenters. The van der Waals surface area contributed by atoms with Crippen molar-refractivity contribution in [2.45, 2.75) is 40.2 Å². The van der Waals surface area contributed by atoms with Crippen molar-refractivity contribution in [3.05, 3.63) is 57.6 Å². The van der Waals surface area contributed by atoms with E-state index >= 15 is 0 Å². The van der Waals surface area contributed by atoms with Gasteiger partial charge in [-0.15, -0.1) is 0 Å². The van der Waals surface area contributed by atoms with Crippen LogP contribution in [0.4, 0.5) is 5.69 Å². The zero-order valence-electron chi connectivity index (χ0n) is 18.5. The molecule has 32 heavy (non-hydrogen) atoms. The van der Waals surface area contributed by atoms with E-state index in [2.05, 4.69) is 37.1 Å². The van der Waals surface area contributed by atoms with Crippen LogP contribution in [-0.2, 0) is 14.4 Å². The molecule has 2 aromatic carbocycles. The maximum absolute atomic E-state index is 12.3.